The number of ether oxygens (including phenoxy) is 2. The molecule has 19 heavy (non-hydrogen) atoms. The van der Waals surface area contributed by atoms with Gasteiger partial charge in [-0.3, -0.25) is 0 Å². The largest absolute Gasteiger partial charge is 0.494 e. The molecule has 0 amide bonds. The molecule has 1 rings (SSSR count). The fourth-order valence-corrected chi connectivity index (χ4v) is 1.43. The summed E-state index contributed by atoms with van der Waals surface area (Å²) >= 11 is 0. The van der Waals surface area contributed by atoms with Crippen molar-refractivity contribution in [1.82, 2.24) is 5.32 Å². The van der Waals surface area contributed by atoms with Gasteiger partial charge in [-0.05, 0) is 57.5 Å². The lowest BCUT2D eigenvalue weighted by atomic mass is 10.1. The van der Waals surface area contributed by atoms with Gasteiger partial charge in [0.25, 0.3) is 0 Å². The number of nitrogens with one attached hydrogen (secondary N) is 1. The van der Waals surface area contributed by atoms with Crippen LogP contribution in [0.2, 0.25) is 0 Å². The summed E-state index contributed by atoms with van der Waals surface area (Å²) in [6.07, 6.45) is 0. The normalized spacial score (nSPS) is 11.2. The van der Waals surface area contributed by atoms with Gasteiger partial charge in [-0.1, -0.05) is 6.58 Å². The molecule has 106 valence electrons. The van der Waals surface area contributed by atoms with Crippen LogP contribution in [-0.4, -0.2) is 25.3 Å². The lowest BCUT2D eigenvalue weighted by molar-refractivity contribution is 0.331. The van der Waals surface area contributed by atoms with Crippen LogP contribution in [0.15, 0.2) is 36.4 Å². The Morgan fingerprint density at radius 2 is 1.63 bits per heavy atom. The van der Waals surface area contributed by atoms with E-state index in [0.29, 0.717) is 13.2 Å². The molecule has 1 aromatic rings. The Balaban J connectivity index is 2.33. The third kappa shape index (κ3) is 6.87. The van der Waals surface area contributed by atoms with Crippen LogP contribution >= 0.6 is 0 Å². The second kappa shape index (κ2) is 7.19. The van der Waals surface area contributed by atoms with Crippen LogP contribution in [0, 0.1) is 0 Å². The second-order valence-electron chi connectivity index (χ2n) is 5.55. The van der Waals surface area contributed by atoms with E-state index in [2.05, 4.69) is 32.7 Å². The van der Waals surface area contributed by atoms with Crippen molar-refractivity contribution < 1.29 is 9.47 Å². The van der Waals surface area contributed by atoms with E-state index in [-0.39, 0.29) is 5.54 Å². The zero-order chi connectivity index (χ0) is 14.3. The summed E-state index contributed by atoms with van der Waals surface area (Å²) in [7, 11) is 0. The van der Waals surface area contributed by atoms with Gasteiger partial charge in [0.2, 0.25) is 0 Å². The van der Waals surface area contributed by atoms with E-state index in [0.717, 1.165) is 23.6 Å². The molecule has 1 N–H and O–H groups in total. The third-order valence-electron chi connectivity index (χ3n) is 2.45. The molecule has 0 saturated heterocycles. The Hall–Kier alpha value is -1.48. The number of hydrogen-bond acceptors (Lipinski definition) is 3. The van der Waals surface area contributed by atoms with Crippen molar-refractivity contribution in [1.29, 1.82) is 0 Å². The van der Waals surface area contributed by atoms with Crippen LogP contribution in [0.1, 0.15) is 27.7 Å². The molecule has 0 saturated carbocycles. The van der Waals surface area contributed by atoms with Crippen LogP contribution in [0.4, 0.5) is 0 Å². The van der Waals surface area contributed by atoms with Gasteiger partial charge in [0.15, 0.2) is 0 Å². The van der Waals surface area contributed by atoms with Gasteiger partial charge >= 0.3 is 0 Å². The zero-order valence-electron chi connectivity index (χ0n) is 12.5. The Morgan fingerprint density at radius 1 is 1.11 bits per heavy atom. The maximum Gasteiger partial charge on any atom is 0.120 e. The Labute approximate surface area is 116 Å². The molecule has 0 aliphatic heterocycles. The number of hydrogen-bond donors (Lipinski definition) is 1. The highest BCUT2D eigenvalue weighted by Crippen LogP contribution is 2.17. The summed E-state index contributed by atoms with van der Waals surface area (Å²) in [5.41, 5.74) is 1.13. The molecule has 1 aromatic carbocycles. The Kier molecular flexibility index (Phi) is 5.90. The van der Waals surface area contributed by atoms with Crippen LogP contribution in [0.5, 0.6) is 11.5 Å². The highest BCUT2D eigenvalue weighted by atomic mass is 16.5. The predicted octanol–water partition coefficient (Wildman–Crippen LogP) is 3.41. The average molecular weight is 263 g/mol. The smallest absolute Gasteiger partial charge is 0.120 e. The standard InChI is InChI=1S/C16H25NO2/c1-6-18-14-7-9-15(10-8-14)19-12-13(2)11-17-16(3,4)5/h7-10,17H,2,6,11-12H2,1,3-5H3. The Bertz CT molecular complexity index is 390. The molecule has 0 unspecified atom stereocenters. The van der Waals surface area contributed by atoms with Crippen molar-refractivity contribution in [3.8, 4) is 11.5 Å². The molecule has 0 spiro atoms. The first-order valence-electron chi connectivity index (χ1n) is 6.68. The highest BCUT2D eigenvalue weighted by molar-refractivity contribution is 5.31. The van der Waals surface area contributed by atoms with Crippen molar-refractivity contribution in [3.63, 3.8) is 0 Å². The first kappa shape index (κ1) is 15.6. The van der Waals surface area contributed by atoms with E-state index < -0.39 is 0 Å². The van der Waals surface area contributed by atoms with Crippen LogP contribution in [0.3, 0.4) is 0 Å². The summed E-state index contributed by atoms with van der Waals surface area (Å²) in [6, 6.07) is 7.65. The molecule has 0 fully saturated rings. The fraction of sp³-hybridized carbons (Fsp3) is 0.500. The average Bonchev–Trinajstić information content (AvgIpc) is 2.35. The molecule has 0 radical (unpaired) electrons. The van der Waals surface area contributed by atoms with Crippen molar-refractivity contribution in [3.05, 3.63) is 36.4 Å². The lowest BCUT2D eigenvalue weighted by Gasteiger charge is -2.21. The van der Waals surface area contributed by atoms with E-state index in [1.807, 2.05) is 31.2 Å². The number of rotatable bonds is 7. The van der Waals surface area contributed by atoms with Crippen LogP contribution in [-0.2, 0) is 0 Å². The molecule has 0 aliphatic carbocycles. The van der Waals surface area contributed by atoms with Gasteiger partial charge in [-0.2, -0.15) is 0 Å². The summed E-state index contributed by atoms with van der Waals surface area (Å²) < 4.78 is 11.1. The van der Waals surface area contributed by atoms with Gasteiger partial charge in [-0.15, -0.1) is 0 Å². The Morgan fingerprint density at radius 3 is 2.11 bits per heavy atom. The third-order valence-corrected chi connectivity index (χ3v) is 2.45. The lowest BCUT2D eigenvalue weighted by Crippen LogP contribution is -2.37. The van der Waals surface area contributed by atoms with Gasteiger partial charge in [0, 0.05) is 12.1 Å². The monoisotopic (exact) mass is 263 g/mol. The van der Waals surface area contributed by atoms with Gasteiger partial charge < -0.3 is 14.8 Å². The zero-order valence-corrected chi connectivity index (χ0v) is 12.5. The fourth-order valence-electron chi connectivity index (χ4n) is 1.43. The predicted molar refractivity (Wildman–Crippen MR) is 80.0 cm³/mol. The topological polar surface area (TPSA) is 30.5 Å². The summed E-state index contributed by atoms with van der Waals surface area (Å²) in [4.78, 5) is 0. The summed E-state index contributed by atoms with van der Waals surface area (Å²) in [6.45, 7) is 14.3. The molecule has 3 heteroatoms. The highest BCUT2D eigenvalue weighted by Gasteiger charge is 2.08. The minimum Gasteiger partial charge on any atom is -0.494 e. The van der Waals surface area contributed by atoms with E-state index in [1.165, 1.54) is 0 Å². The minimum atomic E-state index is 0.0993. The molecule has 0 aliphatic rings. The molecule has 0 heterocycles. The molecule has 3 nitrogen and oxygen atoms in total. The summed E-state index contributed by atoms with van der Waals surface area (Å²) in [5.74, 6) is 1.70. The van der Waals surface area contributed by atoms with Crippen molar-refractivity contribution >= 4 is 0 Å². The van der Waals surface area contributed by atoms with E-state index in [4.69, 9.17) is 9.47 Å². The van der Waals surface area contributed by atoms with Gasteiger partial charge in [0.05, 0.1) is 6.61 Å². The summed E-state index contributed by atoms with van der Waals surface area (Å²) in [5, 5.41) is 3.38. The van der Waals surface area contributed by atoms with Gasteiger partial charge in [0.1, 0.15) is 18.1 Å². The number of benzene rings is 1. The van der Waals surface area contributed by atoms with E-state index >= 15 is 0 Å². The quantitative estimate of drug-likeness (QED) is 0.765. The first-order valence-corrected chi connectivity index (χ1v) is 6.68. The van der Waals surface area contributed by atoms with E-state index in [9.17, 15) is 0 Å². The minimum absolute atomic E-state index is 0.0993. The van der Waals surface area contributed by atoms with Crippen molar-refractivity contribution in [2.24, 2.45) is 0 Å². The maximum atomic E-state index is 5.67. The van der Waals surface area contributed by atoms with Crippen molar-refractivity contribution in [2.75, 3.05) is 19.8 Å². The molecular formula is C16H25NO2. The molecule has 0 atom stereocenters. The van der Waals surface area contributed by atoms with Gasteiger partial charge in [-0.25, -0.2) is 0 Å². The molecule has 0 aromatic heterocycles. The second-order valence-corrected chi connectivity index (χ2v) is 5.55. The van der Waals surface area contributed by atoms with E-state index in [1.54, 1.807) is 0 Å². The first-order chi connectivity index (χ1) is 8.90. The van der Waals surface area contributed by atoms with Crippen LogP contribution < -0.4 is 14.8 Å². The molecular weight excluding hydrogens is 238 g/mol. The molecule has 0 bridgehead atoms. The van der Waals surface area contributed by atoms with Crippen LogP contribution in [0.25, 0.3) is 0 Å². The SMILES string of the molecule is C=C(CNC(C)(C)C)COc1ccc(OCC)cc1. The maximum absolute atomic E-state index is 5.67. The van der Waals surface area contributed by atoms with Crippen molar-refractivity contribution in [2.45, 2.75) is 33.2 Å².